The van der Waals surface area contributed by atoms with Crippen LogP contribution in [0.2, 0.25) is 0 Å². The maximum absolute atomic E-state index is 4.43. The Morgan fingerprint density at radius 3 is 3.21 bits per heavy atom. The lowest BCUT2D eigenvalue weighted by molar-refractivity contribution is 0.186. The van der Waals surface area contributed by atoms with Crippen LogP contribution in [0.25, 0.3) is 0 Å². The highest BCUT2D eigenvalue weighted by molar-refractivity contribution is 5.16. The van der Waals surface area contributed by atoms with Gasteiger partial charge in [0.1, 0.15) is 0 Å². The third-order valence-corrected chi connectivity index (χ3v) is 4.34. The van der Waals surface area contributed by atoms with Crippen molar-refractivity contribution in [2.45, 2.75) is 37.9 Å². The topological polar surface area (TPSA) is 47.2 Å². The van der Waals surface area contributed by atoms with Gasteiger partial charge in [-0.3, -0.25) is 4.90 Å². The Bertz CT molecular complexity index is 414. The van der Waals surface area contributed by atoms with Gasteiger partial charge in [-0.05, 0) is 33.5 Å². The van der Waals surface area contributed by atoms with Crippen LogP contribution in [0.5, 0.6) is 0 Å². The molecule has 5 heteroatoms. The average Bonchev–Trinajstić information content (AvgIpc) is 2.98. The van der Waals surface area contributed by atoms with Crippen LogP contribution in [0.15, 0.2) is 6.33 Å². The molecule has 1 aromatic rings. The molecule has 0 radical (unpaired) electrons. The molecule has 3 heterocycles. The molecule has 3 rings (SSSR count). The van der Waals surface area contributed by atoms with Crippen molar-refractivity contribution in [3.8, 4) is 0 Å². The van der Waals surface area contributed by atoms with Gasteiger partial charge in [0.2, 0.25) is 0 Å². The molecule has 0 amide bonds. The number of nitrogens with zero attached hydrogens (tertiary/aromatic N) is 3. The molecular formula is C14H25N5. The van der Waals surface area contributed by atoms with E-state index in [-0.39, 0.29) is 0 Å². The summed E-state index contributed by atoms with van der Waals surface area (Å²) in [5.41, 5.74) is 2.52. The van der Waals surface area contributed by atoms with Crippen molar-refractivity contribution in [3.05, 3.63) is 17.7 Å². The first kappa shape index (κ1) is 13.1. The van der Waals surface area contributed by atoms with Gasteiger partial charge in [-0.1, -0.05) is 0 Å². The van der Waals surface area contributed by atoms with E-state index >= 15 is 0 Å². The zero-order valence-electron chi connectivity index (χ0n) is 12.0. The van der Waals surface area contributed by atoms with Gasteiger partial charge in [-0.15, -0.1) is 0 Å². The molecule has 2 aliphatic rings. The summed E-state index contributed by atoms with van der Waals surface area (Å²) in [4.78, 5) is 12.6. The molecule has 1 aromatic heterocycles. The van der Waals surface area contributed by atoms with E-state index < -0.39 is 0 Å². The smallest absolute Gasteiger partial charge is 0.0925 e. The number of imidazole rings is 1. The van der Waals surface area contributed by atoms with E-state index in [0.29, 0.717) is 6.04 Å². The lowest BCUT2D eigenvalue weighted by Gasteiger charge is -2.32. The highest BCUT2D eigenvalue weighted by Gasteiger charge is 2.29. The minimum absolute atomic E-state index is 0.554. The van der Waals surface area contributed by atoms with Crippen molar-refractivity contribution in [3.63, 3.8) is 0 Å². The predicted molar refractivity (Wildman–Crippen MR) is 76.1 cm³/mol. The molecule has 1 saturated heterocycles. The Balaban J connectivity index is 1.57. The summed E-state index contributed by atoms with van der Waals surface area (Å²) < 4.78 is 0. The van der Waals surface area contributed by atoms with Crippen LogP contribution >= 0.6 is 0 Å². The number of H-pyrrole nitrogens is 1. The molecule has 0 bridgehead atoms. The molecule has 2 aliphatic heterocycles. The van der Waals surface area contributed by atoms with Crippen LogP contribution in [-0.2, 0) is 13.0 Å². The summed E-state index contributed by atoms with van der Waals surface area (Å²) in [6.45, 7) is 4.53. The Morgan fingerprint density at radius 1 is 1.47 bits per heavy atom. The average molecular weight is 263 g/mol. The van der Waals surface area contributed by atoms with Crippen molar-refractivity contribution in [2.24, 2.45) is 0 Å². The SMILES string of the molecule is CN(C)CC1CCCN1CC1Cc2nc[nH]c2CN1. The first-order valence-electron chi connectivity index (χ1n) is 7.35. The van der Waals surface area contributed by atoms with E-state index in [4.69, 9.17) is 0 Å². The normalized spacial score (nSPS) is 27.9. The van der Waals surface area contributed by atoms with E-state index in [2.05, 4.69) is 39.2 Å². The third kappa shape index (κ3) is 2.99. The van der Waals surface area contributed by atoms with Crippen molar-refractivity contribution >= 4 is 0 Å². The molecule has 2 atom stereocenters. The fourth-order valence-electron chi connectivity index (χ4n) is 3.41. The number of hydrogen-bond acceptors (Lipinski definition) is 4. The van der Waals surface area contributed by atoms with E-state index in [1.54, 1.807) is 0 Å². The number of nitrogens with one attached hydrogen (secondary N) is 2. The van der Waals surface area contributed by atoms with Crippen molar-refractivity contribution < 1.29 is 0 Å². The quantitative estimate of drug-likeness (QED) is 0.828. The zero-order valence-corrected chi connectivity index (χ0v) is 12.0. The number of fused-ring (bicyclic) bond motifs is 1. The molecule has 0 aromatic carbocycles. The molecule has 0 saturated carbocycles. The van der Waals surface area contributed by atoms with E-state index in [9.17, 15) is 0 Å². The summed E-state index contributed by atoms with van der Waals surface area (Å²) in [6.07, 6.45) is 5.57. The summed E-state index contributed by atoms with van der Waals surface area (Å²) in [5, 5.41) is 3.64. The fourth-order valence-corrected chi connectivity index (χ4v) is 3.41. The monoisotopic (exact) mass is 263 g/mol. The predicted octanol–water partition coefficient (Wildman–Crippen LogP) is 0.450. The van der Waals surface area contributed by atoms with Crippen LogP contribution in [0.3, 0.4) is 0 Å². The number of rotatable bonds is 4. The molecule has 0 spiro atoms. The minimum Gasteiger partial charge on any atom is -0.347 e. The van der Waals surface area contributed by atoms with Gasteiger partial charge in [-0.2, -0.15) is 0 Å². The van der Waals surface area contributed by atoms with Crippen LogP contribution in [-0.4, -0.2) is 65.6 Å². The summed E-state index contributed by atoms with van der Waals surface area (Å²) in [6, 6.07) is 1.29. The molecule has 2 unspecified atom stereocenters. The fraction of sp³-hybridized carbons (Fsp3) is 0.786. The minimum atomic E-state index is 0.554. The second-order valence-electron chi connectivity index (χ2n) is 6.16. The molecule has 19 heavy (non-hydrogen) atoms. The standard InChI is InChI=1S/C14H25N5/c1-18(2)9-12-4-3-5-19(12)8-11-6-13-14(7-15-11)17-10-16-13/h10-12,15H,3-9H2,1-2H3,(H,16,17). The zero-order chi connectivity index (χ0) is 13.2. The number of likely N-dealkylation sites (N-methyl/N-ethyl adjacent to an activating group) is 1. The highest BCUT2D eigenvalue weighted by Crippen LogP contribution is 2.20. The van der Waals surface area contributed by atoms with Gasteiger partial charge in [0.25, 0.3) is 0 Å². The lowest BCUT2D eigenvalue weighted by Crippen LogP contribution is -2.48. The summed E-state index contributed by atoms with van der Waals surface area (Å²) >= 11 is 0. The molecule has 106 valence electrons. The Morgan fingerprint density at radius 2 is 2.37 bits per heavy atom. The summed E-state index contributed by atoms with van der Waals surface area (Å²) in [7, 11) is 4.34. The van der Waals surface area contributed by atoms with E-state index in [1.165, 1.54) is 37.3 Å². The first-order chi connectivity index (χ1) is 9.22. The van der Waals surface area contributed by atoms with Crippen LogP contribution < -0.4 is 5.32 Å². The van der Waals surface area contributed by atoms with Crippen LogP contribution in [0.1, 0.15) is 24.2 Å². The van der Waals surface area contributed by atoms with E-state index in [1.807, 2.05) is 6.33 Å². The Labute approximate surface area is 115 Å². The first-order valence-corrected chi connectivity index (χ1v) is 7.35. The highest BCUT2D eigenvalue weighted by atomic mass is 15.2. The van der Waals surface area contributed by atoms with Gasteiger partial charge in [0, 0.05) is 38.1 Å². The number of aromatic amines is 1. The lowest BCUT2D eigenvalue weighted by atomic mass is 10.0. The van der Waals surface area contributed by atoms with Gasteiger partial charge in [0.05, 0.1) is 17.7 Å². The molecule has 1 fully saturated rings. The van der Waals surface area contributed by atoms with E-state index in [0.717, 1.165) is 25.6 Å². The molecule has 2 N–H and O–H groups in total. The van der Waals surface area contributed by atoms with Gasteiger partial charge >= 0.3 is 0 Å². The van der Waals surface area contributed by atoms with Crippen LogP contribution in [0, 0.1) is 0 Å². The molecular weight excluding hydrogens is 238 g/mol. The second kappa shape index (κ2) is 5.61. The van der Waals surface area contributed by atoms with Crippen molar-refractivity contribution in [2.75, 3.05) is 33.7 Å². The number of aromatic nitrogens is 2. The summed E-state index contributed by atoms with van der Waals surface area (Å²) in [5.74, 6) is 0. The maximum atomic E-state index is 4.43. The Hall–Kier alpha value is -0.910. The molecule has 5 nitrogen and oxygen atoms in total. The van der Waals surface area contributed by atoms with Crippen molar-refractivity contribution in [1.29, 1.82) is 0 Å². The maximum Gasteiger partial charge on any atom is 0.0925 e. The van der Waals surface area contributed by atoms with Gasteiger partial charge in [-0.25, -0.2) is 4.98 Å². The Kier molecular flexibility index (Phi) is 3.86. The van der Waals surface area contributed by atoms with Gasteiger partial charge in [0.15, 0.2) is 0 Å². The van der Waals surface area contributed by atoms with Crippen LogP contribution in [0.4, 0.5) is 0 Å². The molecule has 0 aliphatic carbocycles. The largest absolute Gasteiger partial charge is 0.347 e. The second-order valence-corrected chi connectivity index (χ2v) is 6.16. The van der Waals surface area contributed by atoms with Crippen molar-refractivity contribution in [1.82, 2.24) is 25.1 Å². The number of hydrogen-bond donors (Lipinski definition) is 2. The number of likely N-dealkylation sites (tertiary alicyclic amines) is 1. The third-order valence-electron chi connectivity index (χ3n) is 4.34. The van der Waals surface area contributed by atoms with Gasteiger partial charge < -0.3 is 15.2 Å².